The first kappa shape index (κ1) is 8.93. The zero-order valence-electron chi connectivity index (χ0n) is 8.54. The van der Waals surface area contributed by atoms with Gasteiger partial charge in [-0.3, -0.25) is 0 Å². The molecule has 2 saturated carbocycles. The van der Waals surface area contributed by atoms with Crippen molar-refractivity contribution in [2.24, 2.45) is 11.8 Å². The summed E-state index contributed by atoms with van der Waals surface area (Å²) in [5.74, 6) is 0.606. The van der Waals surface area contributed by atoms with Crippen LogP contribution in [0.2, 0.25) is 0 Å². The fourth-order valence-electron chi connectivity index (χ4n) is 4.11. The highest BCUT2D eigenvalue weighted by molar-refractivity contribution is 5.06. The van der Waals surface area contributed by atoms with E-state index in [-0.39, 0.29) is 5.60 Å². The first-order valence-corrected chi connectivity index (χ1v) is 5.67. The second-order valence-electron chi connectivity index (χ2n) is 5.51. The van der Waals surface area contributed by atoms with Crippen LogP contribution in [0.5, 0.6) is 0 Å². The van der Waals surface area contributed by atoms with E-state index in [1.54, 1.807) is 0 Å². The molecule has 14 heavy (non-hydrogen) atoms. The van der Waals surface area contributed by atoms with Gasteiger partial charge in [0.05, 0.1) is 5.60 Å². The lowest BCUT2D eigenvalue weighted by Gasteiger charge is -2.59. The van der Waals surface area contributed by atoms with Gasteiger partial charge >= 0.3 is 0 Å². The fourth-order valence-corrected chi connectivity index (χ4v) is 4.11. The minimum atomic E-state index is -0.785. The quantitative estimate of drug-likeness (QED) is 0.683. The van der Waals surface area contributed by atoms with Crippen molar-refractivity contribution in [2.75, 3.05) is 0 Å². The lowest BCUT2D eigenvalue weighted by atomic mass is 9.60. The molecular formula is C12H18O2. The Hall–Kier alpha value is -0.340. The van der Waals surface area contributed by atoms with Gasteiger partial charge < -0.3 is 9.84 Å². The molecular weight excluding hydrogens is 176 g/mol. The van der Waals surface area contributed by atoms with Crippen LogP contribution in [0.25, 0.3) is 0 Å². The third-order valence-corrected chi connectivity index (χ3v) is 4.13. The summed E-state index contributed by atoms with van der Waals surface area (Å²) < 4.78 is 5.92. The van der Waals surface area contributed by atoms with Crippen molar-refractivity contribution in [1.29, 1.82) is 0 Å². The normalized spacial score (nSPS) is 54.9. The Morgan fingerprint density at radius 1 is 1.29 bits per heavy atom. The number of rotatable bonds is 2. The van der Waals surface area contributed by atoms with Crippen molar-refractivity contribution in [1.82, 2.24) is 0 Å². The fraction of sp³-hybridized carbons (Fsp3) is 0.833. The molecule has 4 fully saturated rings. The monoisotopic (exact) mass is 194 g/mol. The number of hydrogen-bond donors (Lipinski definition) is 1. The predicted octanol–water partition coefficient (Wildman–Crippen LogP) is 2.23. The van der Waals surface area contributed by atoms with Crippen LogP contribution in [0.15, 0.2) is 12.7 Å². The third kappa shape index (κ3) is 1.17. The van der Waals surface area contributed by atoms with E-state index in [0.29, 0.717) is 11.8 Å². The molecule has 4 bridgehead atoms. The molecule has 4 aliphatic rings. The standard InChI is InChI=1S/C12H18O2/c1-2-3-11-5-9-4-10(6-11)8-12(13,7-9)14-11/h2,9-10,13H,1,3-8H2/t9-,10+,11?,12?. The van der Waals surface area contributed by atoms with Crippen molar-refractivity contribution in [3.63, 3.8) is 0 Å². The van der Waals surface area contributed by atoms with Gasteiger partial charge in [-0.15, -0.1) is 6.58 Å². The minimum Gasteiger partial charge on any atom is -0.365 e. The number of ether oxygens (including phenoxy) is 1. The van der Waals surface area contributed by atoms with Crippen molar-refractivity contribution in [3.8, 4) is 0 Å². The Morgan fingerprint density at radius 2 is 1.93 bits per heavy atom. The van der Waals surface area contributed by atoms with Crippen molar-refractivity contribution < 1.29 is 9.84 Å². The van der Waals surface area contributed by atoms with Gasteiger partial charge in [0.15, 0.2) is 5.79 Å². The Labute approximate surface area is 85.0 Å². The molecule has 78 valence electrons. The highest BCUT2D eigenvalue weighted by atomic mass is 16.6. The Bertz CT molecular complexity index is 257. The van der Waals surface area contributed by atoms with Crippen LogP contribution in [0, 0.1) is 11.8 Å². The first-order chi connectivity index (χ1) is 6.63. The summed E-state index contributed by atoms with van der Waals surface area (Å²) >= 11 is 0. The third-order valence-electron chi connectivity index (χ3n) is 4.13. The predicted molar refractivity (Wildman–Crippen MR) is 53.6 cm³/mol. The van der Waals surface area contributed by atoms with E-state index in [0.717, 1.165) is 32.1 Å². The van der Waals surface area contributed by atoms with Crippen LogP contribution in [0.3, 0.4) is 0 Å². The molecule has 0 aromatic heterocycles. The summed E-state index contributed by atoms with van der Waals surface area (Å²) in [6.45, 7) is 3.80. The Balaban J connectivity index is 1.92. The second kappa shape index (κ2) is 2.61. The van der Waals surface area contributed by atoms with E-state index < -0.39 is 5.79 Å². The van der Waals surface area contributed by atoms with Crippen molar-refractivity contribution in [2.45, 2.75) is 49.9 Å². The van der Waals surface area contributed by atoms with Crippen LogP contribution in [0.4, 0.5) is 0 Å². The molecule has 2 saturated heterocycles. The number of hydrogen-bond acceptors (Lipinski definition) is 2. The molecule has 4 rings (SSSR count). The van der Waals surface area contributed by atoms with Crippen molar-refractivity contribution >= 4 is 0 Å². The molecule has 4 atom stereocenters. The van der Waals surface area contributed by atoms with Crippen LogP contribution < -0.4 is 0 Å². The van der Waals surface area contributed by atoms with Crippen LogP contribution in [-0.2, 0) is 4.74 Å². The zero-order chi connectivity index (χ0) is 9.81. The Kier molecular flexibility index (Phi) is 1.67. The molecule has 2 aliphatic carbocycles. The van der Waals surface area contributed by atoms with E-state index >= 15 is 0 Å². The maximum absolute atomic E-state index is 10.2. The number of aliphatic hydroxyl groups is 1. The summed E-state index contributed by atoms with van der Waals surface area (Å²) in [6, 6.07) is 0. The molecule has 0 amide bonds. The van der Waals surface area contributed by atoms with Crippen LogP contribution in [-0.4, -0.2) is 16.5 Å². The van der Waals surface area contributed by atoms with E-state index in [4.69, 9.17) is 4.74 Å². The smallest absolute Gasteiger partial charge is 0.166 e. The molecule has 2 nitrogen and oxygen atoms in total. The average molecular weight is 194 g/mol. The zero-order valence-corrected chi connectivity index (χ0v) is 8.54. The summed E-state index contributed by atoms with van der Waals surface area (Å²) in [6.07, 6.45) is 8.16. The second-order valence-corrected chi connectivity index (χ2v) is 5.51. The highest BCUT2D eigenvalue weighted by Crippen LogP contribution is 2.57. The van der Waals surface area contributed by atoms with Gasteiger partial charge in [0.2, 0.25) is 0 Å². The lowest BCUT2D eigenvalue weighted by molar-refractivity contribution is -0.354. The molecule has 0 radical (unpaired) electrons. The Morgan fingerprint density at radius 3 is 2.43 bits per heavy atom. The summed E-state index contributed by atoms with van der Waals surface area (Å²) in [7, 11) is 0. The molecule has 0 aromatic rings. The molecule has 2 heterocycles. The summed E-state index contributed by atoms with van der Waals surface area (Å²) in [4.78, 5) is 0. The maximum atomic E-state index is 10.2. The van der Waals surface area contributed by atoms with E-state index in [2.05, 4.69) is 6.58 Å². The van der Waals surface area contributed by atoms with E-state index in [9.17, 15) is 5.11 Å². The molecule has 0 spiro atoms. The summed E-state index contributed by atoms with van der Waals surface area (Å²) in [5, 5.41) is 10.2. The summed E-state index contributed by atoms with van der Waals surface area (Å²) in [5.41, 5.74) is -0.0550. The van der Waals surface area contributed by atoms with Gasteiger partial charge in [-0.1, -0.05) is 6.08 Å². The van der Waals surface area contributed by atoms with E-state index in [1.165, 1.54) is 6.42 Å². The van der Waals surface area contributed by atoms with Gasteiger partial charge in [-0.25, -0.2) is 0 Å². The molecule has 2 aliphatic heterocycles. The minimum absolute atomic E-state index is 0.0550. The molecule has 2 unspecified atom stereocenters. The molecule has 2 heteroatoms. The first-order valence-electron chi connectivity index (χ1n) is 5.67. The lowest BCUT2D eigenvalue weighted by Crippen LogP contribution is -2.60. The van der Waals surface area contributed by atoms with Gasteiger partial charge in [0.1, 0.15) is 0 Å². The maximum Gasteiger partial charge on any atom is 0.166 e. The molecule has 0 aromatic carbocycles. The molecule has 1 N–H and O–H groups in total. The van der Waals surface area contributed by atoms with Crippen molar-refractivity contribution in [3.05, 3.63) is 12.7 Å². The van der Waals surface area contributed by atoms with Gasteiger partial charge in [-0.2, -0.15) is 0 Å². The van der Waals surface area contributed by atoms with E-state index in [1.807, 2.05) is 6.08 Å². The average Bonchev–Trinajstić information content (AvgIpc) is 1.97. The highest BCUT2D eigenvalue weighted by Gasteiger charge is 2.57. The SMILES string of the molecule is C=CCC12C[C@@H]3C[C@@H](CC(O)(C3)O1)C2. The largest absolute Gasteiger partial charge is 0.365 e. The topological polar surface area (TPSA) is 29.5 Å². The van der Waals surface area contributed by atoms with Gasteiger partial charge in [-0.05, 0) is 37.5 Å². The van der Waals surface area contributed by atoms with Crippen LogP contribution in [0.1, 0.15) is 38.5 Å². The van der Waals surface area contributed by atoms with Crippen LogP contribution >= 0.6 is 0 Å². The van der Waals surface area contributed by atoms with Gasteiger partial charge in [0.25, 0.3) is 0 Å². The van der Waals surface area contributed by atoms with Gasteiger partial charge in [0, 0.05) is 12.8 Å².